The normalized spacial score (nSPS) is 26.7. The Morgan fingerprint density at radius 1 is 1.27 bits per heavy atom. The van der Waals surface area contributed by atoms with Crippen LogP contribution in [0.1, 0.15) is 23.1 Å². The highest BCUT2D eigenvalue weighted by molar-refractivity contribution is 5.96. The molecule has 2 N–H and O–H groups in total. The molecule has 2 aromatic carbocycles. The van der Waals surface area contributed by atoms with Crippen molar-refractivity contribution in [3.05, 3.63) is 53.2 Å². The van der Waals surface area contributed by atoms with Crippen molar-refractivity contribution in [1.82, 2.24) is 14.8 Å². The number of nitrogens with one attached hydrogen (secondary N) is 2. The van der Waals surface area contributed by atoms with Crippen molar-refractivity contribution in [2.75, 3.05) is 46.7 Å². The number of piperidine rings is 1. The van der Waals surface area contributed by atoms with Gasteiger partial charge in [-0.1, -0.05) is 18.2 Å². The smallest absolute Gasteiger partial charge is 0.166 e. The Hall–Kier alpha value is -2.70. The lowest BCUT2D eigenvalue weighted by atomic mass is 9.70. The average molecular weight is 405 g/mol. The van der Waals surface area contributed by atoms with Crippen molar-refractivity contribution >= 4 is 16.6 Å². The molecule has 3 aromatic rings. The molecule has 1 aromatic heterocycles. The van der Waals surface area contributed by atoms with Gasteiger partial charge in [0.05, 0.1) is 12.6 Å². The lowest BCUT2D eigenvalue weighted by Gasteiger charge is -2.46. The Labute approximate surface area is 176 Å². The molecule has 6 heteroatoms. The molecule has 2 atom stereocenters. The largest absolute Gasteiger partial charge is 0.494 e. The molecule has 3 aliphatic heterocycles. The number of methoxy groups -OCH3 is 1. The number of likely N-dealkylation sites (N-methyl/N-ethyl adjacent to an activating group) is 1. The Kier molecular flexibility index (Phi) is 3.58. The van der Waals surface area contributed by atoms with Gasteiger partial charge in [0.1, 0.15) is 17.0 Å². The van der Waals surface area contributed by atoms with Gasteiger partial charge in [0.15, 0.2) is 5.60 Å². The van der Waals surface area contributed by atoms with Crippen LogP contribution in [0.4, 0.5) is 5.69 Å². The summed E-state index contributed by atoms with van der Waals surface area (Å²) in [6.07, 6.45) is 3.07. The van der Waals surface area contributed by atoms with Gasteiger partial charge >= 0.3 is 0 Å². The van der Waals surface area contributed by atoms with Crippen LogP contribution < -0.4 is 14.8 Å². The summed E-state index contributed by atoms with van der Waals surface area (Å²) in [4.78, 5) is 8.12. The molecule has 1 fully saturated rings. The highest BCUT2D eigenvalue weighted by Crippen LogP contribution is 2.65. The van der Waals surface area contributed by atoms with Crippen LogP contribution in [0.3, 0.4) is 0 Å². The number of likely N-dealkylation sites (tertiary alicyclic amines) is 1. The molecule has 6 nitrogen and oxygen atoms in total. The molecule has 0 saturated carbocycles. The van der Waals surface area contributed by atoms with E-state index in [4.69, 9.17) is 9.47 Å². The van der Waals surface area contributed by atoms with Gasteiger partial charge in [-0.3, -0.25) is 0 Å². The van der Waals surface area contributed by atoms with Gasteiger partial charge in [0, 0.05) is 60.5 Å². The molecule has 4 heterocycles. The van der Waals surface area contributed by atoms with E-state index in [1.54, 1.807) is 7.11 Å². The van der Waals surface area contributed by atoms with Crippen LogP contribution in [-0.4, -0.2) is 56.1 Å². The predicted octanol–water partition coefficient (Wildman–Crippen LogP) is 3.48. The van der Waals surface area contributed by atoms with Crippen molar-refractivity contribution in [3.63, 3.8) is 0 Å². The summed E-state index contributed by atoms with van der Waals surface area (Å²) in [5.41, 5.74) is 5.31. The molecule has 6 rings (SSSR count). The van der Waals surface area contributed by atoms with E-state index in [2.05, 4.69) is 77.8 Å². The molecule has 0 spiro atoms. The quantitative estimate of drug-likeness (QED) is 0.700. The van der Waals surface area contributed by atoms with E-state index in [0.717, 1.165) is 43.1 Å². The van der Waals surface area contributed by atoms with Gasteiger partial charge in [0.25, 0.3) is 0 Å². The summed E-state index contributed by atoms with van der Waals surface area (Å²) in [5, 5.41) is 5.19. The molecule has 1 saturated heterocycles. The first-order valence-corrected chi connectivity index (χ1v) is 10.6. The van der Waals surface area contributed by atoms with Crippen LogP contribution in [0, 0.1) is 0 Å². The number of fused-ring (bicyclic) bond motifs is 4. The molecule has 3 aliphatic rings. The van der Waals surface area contributed by atoms with Crippen molar-refractivity contribution in [1.29, 1.82) is 0 Å². The molecule has 30 heavy (non-hydrogen) atoms. The van der Waals surface area contributed by atoms with E-state index in [0.29, 0.717) is 0 Å². The Morgan fingerprint density at radius 2 is 2.10 bits per heavy atom. The van der Waals surface area contributed by atoms with Crippen LogP contribution >= 0.6 is 0 Å². The fraction of sp³-hybridized carbons (Fsp3) is 0.417. The van der Waals surface area contributed by atoms with Crippen LogP contribution in [0.2, 0.25) is 0 Å². The minimum atomic E-state index is -0.398. The third-order valence-electron chi connectivity index (χ3n) is 7.14. The molecule has 2 unspecified atom stereocenters. The van der Waals surface area contributed by atoms with Crippen molar-refractivity contribution < 1.29 is 9.47 Å². The van der Waals surface area contributed by atoms with Crippen LogP contribution in [0.15, 0.2) is 36.5 Å². The lowest BCUT2D eigenvalue weighted by molar-refractivity contribution is -0.0250. The monoisotopic (exact) mass is 404 g/mol. The van der Waals surface area contributed by atoms with Gasteiger partial charge in [-0.2, -0.15) is 0 Å². The van der Waals surface area contributed by atoms with Crippen molar-refractivity contribution in [3.8, 4) is 11.5 Å². The molecule has 156 valence electrons. The fourth-order valence-electron chi connectivity index (χ4n) is 6.04. The minimum absolute atomic E-state index is 0.327. The SMILES string of the molecule is COc1cc2c(c3c(CN(C)C)c[nH]c13)C13CN(C)CCC1(O2)c1ccccc1N3. The van der Waals surface area contributed by atoms with Gasteiger partial charge < -0.3 is 29.6 Å². The maximum Gasteiger partial charge on any atom is 0.166 e. The van der Waals surface area contributed by atoms with Gasteiger partial charge in [-0.15, -0.1) is 0 Å². The highest BCUT2D eigenvalue weighted by atomic mass is 16.5. The zero-order valence-corrected chi connectivity index (χ0v) is 18.0. The van der Waals surface area contributed by atoms with E-state index in [1.165, 1.54) is 27.8 Å². The molecular formula is C24H28N4O2. The molecule has 0 radical (unpaired) electrons. The van der Waals surface area contributed by atoms with E-state index in [-0.39, 0.29) is 5.54 Å². The van der Waals surface area contributed by atoms with E-state index < -0.39 is 5.60 Å². The number of H-pyrrole nitrogens is 1. The standard InChI is InChI=1S/C24H28N4O2/c1-27(2)13-15-12-25-22-19(29-4)11-18-21(20(15)22)23-14-28(3)10-9-24(23,30-18)16-7-5-6-8-17(16)26-23/h5-8,11-12,25-26H,9-10,13-14H2,1-4H3. The zero-order valence-electron chi connectivity index (χ0n) is 18.0. The first kappa shape index (κ1) is 18.1. The Balaban J connectivity index is 1.69. The van der Waals surface area contributed by atoms with E-state index >= 15 is 0 Å². The molecular weight excluding hydrogens is 376 g/mol. The number of nitrogens with zero attached hydrogens (tertiary/aromatic N) is 2. The number of aromatic amines is 1. The van der Waals surface area contributed by atoms with Gasteiger partial charge in [-0.05, 0) is 32.8 Å². The van der Waals surface area contributed by atoms with E-state index in [9.17, 15) is 0 Å². The molecule has 0 bridgehead atoms. The van der Waals surface area contributed by atoms with Crippen molar-refractivity contribution in [2.45, 2.75) is 24.1 Å². The van der Waals surface area contributed by atoms with E-state index in [1.807, 2.05) is 0 Å². The highest BCUT2D eigenvalue weighted by Gasteiger charge is 2.68. The summed E-state index contributed by atoms with van der Waals surface area (Å²) in [7, 11) is 8.15. The summed E-state index contributed by atoms with van der Waals surface area (Å²) in [6, 6.07) is 10.7. The average Bonchev–Trinajstić information content (AvgIpc) is 3.32. The number of anilines is 1. The number of hydrogen-bond acceptors (Lipinski definition) is 5. The number of ether oxygens (including phenoxy) is 2. The minimum Gasteiger partial charge on any atom is -0.494 e. The topological polar surface area (TPSA) is 52.8 Å². The number of benzene rings is 2. The molecule has 0 amide bonds. The number of aromatic nitrogens is 1. The second-order valence-corrected chi connectivity index (χ2v) is 9.25. The second-order valence-electron chi connectivity index (χ2n) is 9.25. The van der Waals surface area contributed by atoms with Crippen LogP contribution in [0.25, 0.3) is 10.9 Å². The number of rotatable bonds is 3. The number of hydrogen-bond donors (Lipinski definition) is 2. The van der Waals surface area contributed by atoms with Gasteiger partial charge in [0.2, 0.25) is 0 Å². The van der Waals surface area contributed by atoms with Gasteiger partial charge in [-0.25, -0.2) is 0 Å². The fourth-order valence-corrected chi connectivity index (χ4v) is 6.04. The third kappa shape index (κ3) is 2.05. The maximum absolute atomic E-state index is 6.97. The first-order chi connectivity index (χ1) is 14.5. The van der Waals surface area contributed by atoms with Crippen LogP contribution in [-0.2, 0) is 17.7 Å². The summed E-state index contributed by atoms with van der Waals surface area (Å²) in [6.45, 7) is 2.75. The Bertz CT molecular complexity index is 1170. The van der Waals surface area contributed by atoms with Crippen molar-refractivity contribution in [2.24, 2.45) is 0 Å². The predicted molar refractivity (Wildman–Crippen MR) is 118 cm³/mol. The lowest BCUT2D eigenvalue weighted by Crippen LogP contribution is -2.60. The Morgan fingerprint density at radius 3 is 2.90 bits per heavy atom. The third-order valence-corrected chi connectivity index (χ3v) is 7.14. The summed E-state index contributed by atoms with van der Waals surface area (Å²) in [5.74, 6) is 1.77. The second kappa shape index (κ2) is 5.93. The number of para-hydroxylation sites is 1. The zero-order chi connectivity index (χ0) is 20.7. The maximum atomic E-state index is 6.97. The summed E-state index contributed by atoms with van der Waals surface area (Å²) >= 11 is 0. The summed E-state index contributed by atoms with van der Waals surface area (Å²) < 4.78 is 12.7. The van der Waals surface area contributed by atoms with Crippen LogP contribution in [0.5, 0.6) is 11.5 Å². The first-order valence-electron chi connectivity index (χ1n) is 10.6. The molecule has 0 aliphatic carbocycles.